The number of hydrogen-bond donors (Lipinski definition) is 2. The highest BCUT2D eigenvalue weighted by Crippen LogP contribution is 2.26. The van der Waals surface area contributed by atoms with Crippen molar-refractivity contribution in [2.24, 2.45) is 11.5 Å². The van der Waals surface area contributed by atoms with Gasteiger partial charge >= 0.3 is 0 Å². The standard InChI is InChI=1S/C20H28N4/c21-11-9-17-5-1-3-7-19(17)23-13-15-24(16-14-23)20-8-4-2-6-18(20)10-12-22/h1-8H,9-16,21-22H2. The van der Waals surface area contributed by atoms with Gasteiger partial charge in [-0.2, -0.15) is 0 Å². The maximum absolute atomic E-state index is 5.77. The van der Waals surface area contributed by atoms with Crippen LogP contribution in [0.5, 0.6) is 0 Å². The van der Waals surface area contributed by atoms with E-state index < -0.39 is 0 Å². The molecule has 1 aliphatic rings. The van der Waals surface area contributed by atoms with Crippen LogP contribution < -0.4 is 21.3 Å². The predicted octanol–water partition coefficient (Wildman–Crippen LogP) is 2.02. The summed E-state index contributed by atoms with van der Waals surface area (Å²) in [6.45, 7) is 5.56. The third kappa shape index (κ3) is 3.71. The number of benzene rings is 2. The fraction of sp³-hybridized carbons (Fsp3) is 0.400. The summed E-state index contributed by atoms with van der Waals surface area (Å²) in [7, 11) is 0. The van der Waals surface area contributed by atoms with Crippen molar-refractivity contribution in [1.82, 2.24) is 0 Å². The quantitative estimate of drug-likeness (QED) is 0.853. The molecule has 1 heterocycles. The Bertz CT molecular complexity index is 590. The van der Waals surface area contributed by atoms with E-state index in [-0.39, 0.29) is 0 Å². The summed E-state index contributed by atoms with van der Waals surface area (Å²) in [5, 5.41) is 0. The fourth-order valence-electron chi connectivity index (χ4n) is 3.56. The lowest BCUT2D eigenvalue weighted by Gasteiger charge is -2.39. The zero-order valence-corrected chi connectivity index (χ0v) is 14.3. The lowest BCUT2D eigenvalue weighted by molar-refractivity contribution is 0.648. The average Bonchev–Trinajstić information content (AvgIpc) is 2.64. The largest absolute Gasteiger partial charge is 0.368 e. The summed E-state index contributed by atoms with van der Waals surface area (Å²) in [5.41, 5.74) is 16.9. The van der Waals surface area contributed by atoms with Gasteiger partial charge in [0.05, 0.1) is 0 Å². The van der Waals surface area contributed by atoms with E-state index in [1.165, 1.54) is 22.5 Å². The van der Waals surface area contributed by atoms with E-state index in [1.807, 2.05) is 0 Å². The molecule has 0 bridgehead atoms. The summed E-state index contributed by atoms with van der Waals surface area (Å²) >= 11 is 0. The van der Waals surface area contributed by atoms with Gasteiger partial charge in [-0.3, -0.25) is 0 Å². The van der Waals surface area contributed by atoms with Gasteiger partial charge in [0.25, 0.3) is 0 Å². The van der Waals surface area contributed by atoms with Crippen LogP contribution in [0.4, 0.5) is 11.4 Å². The van der Waals surface area contributed by atoms with Crippen LogP contribution in [0.2, 0.25) is 0 Å². The van der Waals surface area contributed by atoms with Crippen molar-refractivity contribution in [2.45, 2.75) is 12.8 Å². The second-order valence-corrected chi connectivity index (χ2v) is 6.31. The Kier molecular flexibility index (Phi) is 5.72. The van der Waals surface area contributed by atoms with E-state index in [9.17, 15) is 0 Å². The van der Waals surface area contributed by atoms with Crippen LogP contribution in [0.3, 0.4) is 0 Å². The Labute approximate surface area is 145 Å². The smallest absolute Gasteiger partial charge is 0.0400 e. The van der Waals surface area contributed by atoms with E-state index in [0.717, 1.165) is 39.0 Å². The van der Waals surface area contributed by atoms with Crippen molar-refractivity contribution in [2.75, 3.05) is 49.1 Å². The molecule has 2 aromatic carbocycles. The molecule has 1 aliphatic heterocycles. The zero-order valence-electron chi connectivity index (χ0n) is 14.3. The lowest BCUT2D eigenvalue weighted by Crippen LogP contribution is -2.47. The molecule has 4 N–H and O–H groups in total. The highest BCUT2D eigenvalue weighted by atomic mass is 15.3. The number of nitrogens with two attached hydrogens (primary N) is 2. The Morgan fingerprint density at radius 1 is 0.625 bits per heavy atom. The normalized spacial score (nSPS) is 14.9. The fourth-order valence-corrected chi connectivity index (χ4v) is 3.56. The van der Waals surface area contributed by atoms with Gasteiger partial charge in [-0.25, -0.2) is 0 Å². The molecule has 0 atom stereocenters. The first kappa shape index (κ1) is 16.8. The van der Waals surface area contributed by atoms with Crippen LogP contribution in [-0.4, -0.2) is 39.3 Å². The van der Waals surface area contributed by atoms with Gasteiger partial charge < -0.3 is 21.3 Å². The van der Waals surface area contributed by atoms with Crippen molar-refractivity contribution in [3.63, 3.8) is 0 Å². The number of para-hydroxylation sites is 2. The first-order chi connectivity index (χ1) is 11.8. The number of nitrogens with zero attached hydrogens (tertiary/aromatic N) is 2. The second kappa shape index (κ2) is 8.18. The first-order valence-corrected chi connectivity index (χ1v) is 8.89. The predicted molar refractivity (Wildman–Crippen MR) is 103 cm³/mol. The van der Waals surface area contributed by atoms with Gasteiger partial charge in [0.2, 0.25) is 0 Å². The van der Waals surface area contributed by atoms with Crippen molar-refractivity contribution in [3.8, 4) is 0 Å². The van der Waals surface area contributed by atoms with Gasteiger partial charge in [0, 0.05) is 37.6 Å². The first-order valence-electron chi connectivity index (χ1n) is 8.89. The van der Waals surface area contributed by atoms with E-state index >= 15 is 0 Å². The summed E-state index contributed by atoms with van der Waals surface area (Å²) in [6, 6.07) is 17.3. The molecule has 0 spiro atoms. The van der Waals surface area contributed by atoms with Gasteiger partial charge in [0.1, 0.15) is 0 Å². The van der Waals surface area contributed by atoms with E-state index in [4.69, 9.17) is 11.5 Å². The molecular formula is C20H28N4. The van der Waals surface area contributed by atoms with E-state index in [2.05, 4.69) is 58.3 Å². The van der Waals surface area contributed by atoms with E-state index in [1.54, 1.807) is 0 Å². The molecule has 4 nitrogen and oxygen atoms in total. The minimum atomic E-state index is 0.698. The van der Waals surface area contributed by atoms with Crippen molar-refractivity contribution in [3.05, 3.63) is 59.7 Å². The Balaban J connectivity index is 1.70. The molecule has 0 aliphatic carbocycles. The van der Waals surface area contributed by atoms with Crippen LogP contribution in [0.1, 0.15) is 11.1 Å². The van der Waals surface area contributed by atoms with Crippen molar-refractivity contribution >= 4 is 11.4 Å². The van der Waals surface area contributed by atoms with Gasteiger partial charge in [0.15, 0.2) is 0 Å². The van der Waals surface area contributed by atoms with Crippen molar-refractivity contribution in [1.29, 1.82) is 0 Å². The molecule has 3 rings (SSSR count). The highest BCUT2D eigenvalue weighted by Gasteiger charge is 2.20. The number of piperazine rings is 1. The number of hydrogen-bond acceptors (Lipinski definition) is 4. The van der Waals surface area contributed by atoms with Gasteiger partial charge in [-0.15, -0.1) is 0 Å². The van der Waals surface area contributed by atoms with Crippen LogP contribution in [0.15, 0.2) is 48.5 Å². The molecule has 128 valence electrons. The number of anilines is 2. The van der Waals surface area contributed by atoms with Gasteiger partial charge in [-0.1, -0.05) is 36.4 Å². The molecule has 24 heavy (non-hydrogen) atoms. The van der Waals surface area contributed by atoms with Crippen LogP contribution in [-0.2, 0) is 12.8 Å². The molecule has 1 fully saturated rings. The molecule has 0 radical (unpaired) electrons. The van der Waals surface area contributed by atoms with Crippen LogP contribution in [0.25, 0.3) is 0 Å². The maximum Gasteiger partial charge on any atom is 0.0400 e. The molecule has 1 saturated heterocycles. The molecule has 0 unspecified atom stereocenters. The lowest BCUT2D eigenvalue weighted by atomic mass is 10.1. The third-order valence-electron chi connectivity index (χ3n) is 4.77. The second-order valence-electron chi connectivity index (χ2n) is 6.31. The van der Waals surface area contributed by atoms with Crippen LogP contribution >= 0.6 is 0 Å². The summed E-state index contributed by atoms with van der Waals surface area (Å²) in [5.74, 6) is 0. The average molecular weight is 324 g/mol. The minimum absolute atomic E-state index is 0.698. The molecule has 0 aromatic heterocycles. The van der Waals surface area contributed by atoms with Crippen LogP contribution in [0, 0.1) is 0 Å². The molecule has 0 saturated carbocycles. The highest BCUT2D eigenvalue weighted by molar-refractivity contribution is 5.58. The summed E-state index contributed by atoms with van der Waals surface area (Å²) < 4.78 is 0. The Morgan fingerprint density at radius 2 is 1.00 bits per heavy atom. The Hall–Kier alpha value is -2.04. The monoisotopic (exact) mass is 324 g/mol. The molecule has 4 heteroatoms. The van der Waals surface area contributed by atoms with Crippen molar-refractivity contribution < 1.29 is 0 Å². The molecule has 0 amide bonds. The molecular weight excluding hydrogens is 296 g/mol. The summed E-state index contributed by atoms with van der Waals surface area (Å²) in [6.07, 6.45) is 1.88. The summed E-state index contributed by atoms with van der Waals surface area (Å²) in [4.78, 5) is 4.99. The SMILES string of the molecule is NCCc1ccccc1N1CCN(c2ccccc2CCN)CC1. The third-order valence-corrected chi connectivity index (χ3v) is 4.77. The van der Waals surface area contributed by atoms with E-state index in [0.29, 0.717) is 13.1 Å². The Morgan fingerprint density at radius 3 is 1.38 bits per heavy atom. The molecule has 2 aromatic rings. The number of rotatable bonds is 6. The maximum atomic E-state index is 5.77. The van der Waals surface area contributed by atoms with Gasteiger partial charge in [-0.05, 0) is 49.2 Å². The minimum Gasteiger partial charge on any atom is -0.368 e. The zero-order chi connectivity index (χ0) is 16.8. The topological polar surface area (TPSA) is 58.5 Å².